The van der Waals surface area contributed by atoms with Gasteiger partial charge in [-0.25, -0.2) is 0 Å². The summed E-state index contributed by atoms with van der Waals surface area (Å²) in [5.74, 6) is 0.496. The molecular formula is C13H27NO. The maximum atomic E-state index is 9.26. The number of hydrogen-bond acceptors (Lipinski definition) is 2. The molecule has 2 atom stereocenters. The van der Waals surface area contributed by atoms with Crippen LogP contribution in [0.4, 0.5) is 0 Å². The van der Waals surface area contributed by atoms with Crippen LogP contribution in [0.2, 0.25) is 0 Å². The zero-order valence-electron chi connectivity index (χ0n) is 11.1. The molecule has 0 saturated heterocycles. The molecule has 0 aromatic heterocycles. The zero-order chi connectivity index (χ0) is 12.1. The van der Waals surface area contributed by atoms with Crippen LogP contribution in [0.5, 0.6) is 0 Å². The van der Waals surface area contributed by atoms with Crippen LogP contribution in [0, 0.1) is 11.3 Å². The predicted octanol–water partition coefficient (Wildman–Crippen LogP) is 2.59. The number of aliphatic hydroxyl groups excluding tert-OH is 1. The topological polar surface area (TPSA) is 32.3 Å². The molecule has 2 heteroatoms. The first-order valence-corrected chi connectivity index (χ1v) is 5.88. The molecule has 0 aromatic rings. The second-order valence-corrected chi connectivity index (χ2v) is 5.10. The van der Waals surface area contributed by atoms with Gasteiger partial charge in [0.15, 0.2) is 0 Å². The Kier molecular flexibility index (Phi) is 6.15. The van der Waals surface area contributed by atoms with Gasteiger partial charge in [-0.2, -0.15) is 0 Å². The summed E-state index contributed by atoms with van der Waals surface area (Å²) in [6.45, 7) is 14.0. The van der Waals surface area contributed by atoms with Crippen molar-refractivity contribution in [3.63, 3.8) is 0 Å². The van der Waals surface area contributed by atoms with E-state index in [4.69, 9.17) is 0 Å². The largest absolute Gasteiger partial charge is 0.395 e. The van der Waals surface area contributed by atoms with Crippen LogP contribution in [0.3, 0.4) is 0 Å². The fourth-order valence-corrected chi connectivity index (χ4v) is 1.40. The summed E-state index contributed by atoms with van der Waals surface area (Å²) < 4.78 is 0. The second kappa shape index (κ2) is 6.29. The van der Waals surface area contributed by atoms with Gasteiger partial charge >= 0.3 is 0 Å². The smallest absolute Gasteiger partial charge is 0.0519 e. The minimum atomic E-state index is -0.0970. The van der Waals surface area contributed by atoms with Gasteiger partial charge in [0, 0.05) is 11.5 Å². The lowest BCUT2D eigenvalue weighted by Gasteiger charge is -2.26. The summed E-state index contributed by atoms with van der Waals surface area (Å²) in [6.07, 6.45) is 2.27. The first kappa shape index (κ1) is 14.7. The Labute approximate surface area is 94.8 Å². The van der Waals surface area contributed by atoms with E-state index < -0.39 is 0 Å². The van der Waals surface area contributed by atoms with Crippen molar-refractivity contribution in [2.75, 3.05) is 13.2 Å². The molecule has 0 rings (SSSR count). The van der Waals surface area contributed by atoms with Gasteiger partial charge in [0.2, 0.25) is 0 Å². The van der Waals surface area contributed by atoms with E-state index in [1.807, 2.05) is 0 Å². The van der Waals surface area contributed by atoms with E-state index in [0.29, 0.717) is 12.0 Å². The summed E-state index contributed by atoms with van der Waals surface area (Å²) in [4.78, 5) is 0. The van der Waals surface area contributed by atoms with Gasteiger partial charge < -0.3 is 10.4 Å². The van der Waals surface area contributed by atoms with Crippen LogP contribution < -0.4 is 5.32 Å². The van der Waals surface area contributed by atoms with Crippen LogP contribution in [-0.2, 0) is 0 Å². The van der Waals surface area contributed by atoms with E-state index in [1.165, 1.54) is 5.57 Å². The van der Waals surface area contributed by atoms with Gasteiger partial charge in [-0.05, 0) is 26.3 Å². The molecule has 0 aromatic carbocycles. The van der Waals surface area contributed by atoms with E-state index in [9.17, 15) is 5.11 Å². The zero-order valence-corrected chi connectivity index (χ0v) is 11.1. The molecule has 0 fully saturated rings. The molecule has 15 heavy (non-hydrogen) atoms. The van der Waals surface area contributed by atoms with Crippen LogP contribution in [0.25, 0.3) is 0 Å². The van der Waals surface area contributed by atoms with Crippen molar-refractivity contribution >= 4 is 0 Å². The fraction of sp³-hybridized carbons (Fsp3) is 0.846. The minimum absolute atomic E-state index is 0.0970. The molecule has 0 amide bonds. The van der Waals surface area contributed by atoms with Crippen molar-refractivity contribution in [2.24, 2.45) is 11.3 Å². The molecule has 90 valence electrons. The highest BCUT2D eigenvalue weighted by Gasteiger charge is 2.20. The fourth-order valence-electron chi connectivity index (χ4n) is 1.40. The van der Waals surface area contributed by atoms with Crippen molar-refractivity contribution in [1.29, 1.82) is 0 Å². The number of aliphatic hydroxyl groups is 1. The molecular weight excluding hydrogens is 186 g/mol. The highest BCUT2D eigenvalue weighted by Crippen LogP contribution is 2.26. The summed E-state index contributed by atoms with van der Waals surface area (Å²) >= 11 is 0. The maximum Gasteiger partial charge on any atom is 0.0519 e. The van der Waals surface area contributed by atoms with Crippen LogP contribution in [0.15, 0.2) is 11.6 Å². The Bertz CT molecular complexity index is 209. The Morgan fingerprint density at radius 3 is 2.33 bits per heavy atom. The van der Waals surface area contributed by atoms with Gasteiger partial charge in [-0.15, -0.1) is 0 Å². The Morgan fingerprint density at radius 1 is 1.40 bits per heavy atom. The van der Waals surface area contributed by atoms with E-state index in [2.05, 4.69) is 52.9 Å². The molecule has 2 nitrogen and oxygen atoms in total. The molecule has 0 bridgehead atoms. The quantitative estimate of drug-likeness (QED) is 0.665. The Morgan fingerprint density at radius 2 is 1.93 bits per heavy atom. The lowest BCUT2D eigenvalue weighted by Crippen LogP contribution is -2.31. The number of rotatable bonds is 6. The van der Waals surface area contributed by atoms with Crippen molar-refractivity contribution in [3.05, 3.63) is 11.6 Å². The molecule has 0 aliphatic carbocycles. The molecule has 0 heterocycles. The average molecular weight is 213 g/mol. The van der Waals surface area contributed by atoms with Crippen LogP contribution in [-0.4, -0.2) is 24.3 Å². The van der Waals surface area contributed by atoms with Gasteiger partial charge in [-0.3, -0.25) is 0 Å². The molecule has 1 unspecified atom stereocenters. The highest BCUT2D eigenvalue weighted by atomic mass is 16.3. The average Bonchev–Trinajstić information content (AvgIpc) is 2.17. The van der Waals surface area contributed by atoms with Crippen molar-refractivity contribution in [3.8, 4) is 0 Å². The second-order valence-electron chi connectivity index (χ2n) is 5.10. The number of hydrogen-bond donors (Lipinski definition) is 2. The third-order valence-corrected chi connectivity index (χ3v) is 3.29. The van der Waals surface area contributed by atoms with Gasteiger partial charge in [0.1, 0.15) is 0 Å². The molecule has 0 radical (unpaired) electrons. The van der Waals surface area contributed by atoms with E-state index in [-0.39, 0.29) is 12.0 Å². The monoisotopic (exact) mass is 213 g/mol. The summed E-state index contributed by atoms with van der Waals surface area (Å²) in [7, 11) is 0. The highest BCUT2D eigenvalue weighted by molar-refractivity contribution is 5.11. The first-order valence-electron chi connectivity index (χ1n) is 5.88. The van der Waals surface area contributed by atoms with Crippen LogP contribution in [0.1, 0.15) is 41.5 Å². The van der Waals surface area contributed by atoms with Gasteiger partial charge in [0.25, 0.3) is 0 Å². The van der Waals surface area contributed by atoms with Gasteiger partial charge in [-0.1, -0.05) is 39.3 Å². The summed E-state index contributed by atoms with van der Waals surface area (Å²) in [5.41, 5.74) is 1.17. The standard InChI is InChI=1S/C13H27NO/c1-7-14-12(4)10(2)8-11(3)13(5,6)9-15/h8,10,12,14-15H,7,9H2,1-6H3/b11-8+/t10?,12-/m0/s1. The van der Waals surface area contributed by atoms with Crippen molar-refractivity contribution in [1.82, 2.24) is 5.32 Å². The third kappa shape index (κ3) is 4.80. The van der Waals surface area contributed by atoms with E-state index in [1.54, 1.807) is 0 Å². The van der Waals surface area contributed by atoms with Crippen molar-refractivity contribution < 1.29 is 5.11 Å². The third-order valence-electron chi connectivity index (χ3n) is 3.29. The van der Waals surface area contributed by atoms with Crippen molar-refractivity contribution in [2.45, 2.75) is 47.6 Å². The Balaban J connectivity index is 4.47. The lowest BCUT2D eigenvalue weighted by atomic mass is 9.83. The molecule has 0 aliphatic heterocycles. The first-order chi connectivity index (χ1) is 6.85. The van der Waals surface area contributed by atoms with Crippen LogP contribution >= 0.6 is 0 Å². The minimum Gasteiger partial charge on any atom is -0.395 e. The molecule has 0 saturated carbocycles. The van der Waals surface area contributed by atoms with E-state index in [0.717, 1.165) is 6.54 Å². The Hall–Kier alpha value is -0.340. The maximum absolute atomic E-state index is 9.26. The molecule has 0 aliphatic rings. The summed E-state index contributed by atoms with van der Waals surface area (Å²) in [5, 5.41) is 12.7. The predicted molar refractivity (Wildman–Crippen MR) is 66.9 cm³/mol. The number of nitrogens with one attached hydrogen (secondary N) is 1. The van der Waals surface area contributed by atoms with E-state index >= 15 is 0 Å². The molecule has 2 N–H and O–H groups in total. The summed E-state index contributed by atoms with van der Waals surface area (Å²) in [6, 6.07) is 0.486. The SMILES string of the molecule is CCN[C@@H](C)C(C)/C=C(\C)C(C)(C)CO. The molecule has 0 spiro atoms. The normalized spacial score (nSPS) is 17.7. The van der Waals surface area contributed by atoms with Gasteiger partial charge in [0.05, 0.1) is 6.61 Å². The lowest BCUT2D eigenvalue weighted by molar-refractivity contribution is 0.189.